The maximum Gasteiger partial charge on any atom is 0.273 e. The van der Waals surface area contributed by atoms with Gasteiger partial charge >= 0.3 is 0 Å². The van der Waals surface area contributed by atoms with Crippen LogP contribution in [0.15, 0.2) is 48.7 Å². The van der Waals surface area contributed by atoms with Crippen LogP contribution in [0.1, 0.15) is 29.7 Å². The Labute approximate surface area is 156 Å². The zero-order chi connectivity index (χ0) is 18.8. The molecule has 0 aliphatic rings. The van der Waals surface area contributed by atoms with Crippen LogP contribution in [0.4, 0.5) is 5.69 Å². The number of nitrogens with one attached hydrogen (secondary N) is 2. The Morgan fingerprint density at radius 3 is 2.85 bits per heavy atom. The summed E-state index contributed by atoms with van der Waals surface area (Å²) >= 11 is 0. The second-order valence-corrected chi connectivity index (χ2v) is 6.38. The van der Waals surface area contributed by atoms with E-state index in [0.717, 1.165) is 29.7 Å². The molecule has 0 fully saturated rings. The van der Waals surface area contributed by atoms with Crippen LogP contribution in [-0.2, 0) is 13.5 Å². The van der Waals surface area contributed by atoms with Gasteiger partial charge in [-0.1, -0.05) is 13.0 Å². The van der Waals surface area contributed by atoms with Gasteiger partial charge in [0.05, 0.1) is 16.7 Å². The third kappa shape index (κ3) is 3.31. The molecule has 0 radical (unpaired) electrons. The zero-order valence-electron chi connectivity index (χ0n) is 15.2. The predicted octanol–water partition coefficient (Wildman–Crippen LogP) is 3.56. The molecule has 1 amide bonds. The molecule has 0 bridgehead atoms. The Morgan fingerprint density at radius 2 is 2.07 bits per heavy atom. The van der Waals surface area contributed by atoms with Gasteiger partial charge in [0.15, 0.2) is 0 Å². The fourth-order valence-electron chi connectivity index (χ4n) is 3.06. The van der Waals surface area contributed by atoms with Crippen LogP contribution in [-0.4, -0.2) is 30.6 Å². The van der Waals surface area contributed by atoms with Gasteiger partial charge in [0.2, 0.25) is 0 Å². The van der Waals surface area contributed by atoms with E-state index in [2.05, 4.69) is 37.0 Å². The van der Waals surface area contributed by atoms with Crippen LogP contribution in [0.3, 0.4) is 0 Å². The molecule has 2 N–H and O–H groups in total. The molecule has 27 heavy (non-hydrogen) atoms. The van der Waals surface area contributed by atoms with Crippen LogP contribution in [0.25, 0.3) is 22.4 Å². The number of nitrogens with zero attached hydrogens (tertiary/aromatic N) is 4. The van der Waals surface area contributed by atoms with Gasteiger partial charge < -0.3 is 9.88 Å². The largest absolute Gasteiger partial charge is 0.331 e. The molecule has 3 heterocycles. The van der Waals surface area contributed by atoms with Crippen LogP contribution < -0.4 is 5.32 Å². The van der Waals surface area contributed by atoms with Gasteiger partial charge in [-0.25, -0.2) is 4.98 Å². The molecule has 4 aromatic rings. The highest BCUT2D eigenvalue weighted by molar-refractivity contribution is 6.04. The number of H-pyrrole nitrogens is 1. The minimum atomic E-state index is -0.256. The molecule has 0 aliphatic carbocycles. The Morgan fingerprint density at radius 1 is 1.19 bits per heavy atom. The van der Waals surface area contributed by atoms with Gasteiger partial charge in [0.1, 0.15) is 17.2 Å². The molecular weight excluding hydrogens is 340 g/mol. The molecule has 0 saturated carbocycles. The summed E-state index contributed by atoms with van der Waals surface area (Å²) < 4.78 is 2.10. The first-order valence-corrected chi connectivity index (χ1v) is 8.89. The SMILES string of the molecule is CCCc1nc2cc(NC(=O)c3cc(-c4ccccn4)n[nH]3)ccc2n1C. The number of imidazole rings is 1. The number of pyridine rings is 1. The first-order valence-electron chi connectivity index (χ1n) is 8.89. The van der Waals surface area contributed by atoms with Crippen molar-refractivity contribution in [3.05, 3.63) is 60.2 Å². The molecule has 3 aromatic heterocycles. The van der Waals surface area contributed by atoms with Crippen LogP contribution in [0.5, 0.6) is 0 Å². The molecule has 7 heteroatoms. The molecule has 0 atom stereocenters. The van der Waals surface area contributed by atoms with E-state index in [-0.39, 0.29) is 5.91 Å². The Hall–Kier alpha value is -3.48. The van der Waals surface area contributed by atoms with Crippen LogP contribution in [0.2, 0.25) is 0 Å². The lowest BCUT2D eigenvalue weighted by Crippen LogP contribution is -2.12. The van der Waals surface area contributed by atoms with E-state index in [1.807, 2.05) is 43.4 Å². The molecule has 4 rings (SSSR count). The molecule has 0 spiro atoms. The second kappa shape index (κ2) is 7.03. The van der Waals surface area contributed by atoms with Crippen LogP contribution in [0, 0.1) is 0 Å². The highest BCUT2D eigenvalue weighted by Crippen LogP contribution is 2.21. The average Bonchev–Trinajstić information content (AvgIpc) is 3.29. The van der Waals surface area contributed by atoms with Crippen molar-refractivity contribution in [2.75, 3.05) is 5.32 Å². The minimum absolute atomic E-state index is 0.256. The zero-order valence-corrected chi connectivity index (χ0v) is 15.2. The normalized spacial score (nSPS) is 11.0. The first-order chi connectivity index (χ1) is 13.2. The third-order valence-electron chi connectivity index (χ3n) is 4.45. The van der Waals surface area contributed by atoms with E-state index in [4.69, 9.17) is 0 Å². The fraction of sp³-hybridized carbons (Fsp3) is 0.200. The molecule has 1 aromatic carbocycles. The van der Waals surface area contributed by atoms with Gasteiger partial charge in [0.25, 0.3) is 5.91 Å². The van der Waals surface area contributed by atoms with Crippen molar-refractivity contribution < 1.29 is 4.79 Å². The third-order valence-corrected chi connectivity index (χ3v) is 4.45. The molecule has 7 nitrogen and oxygen atoms in total. The van der Waals surface area contributed by atoms with Gasteiger partial charge in [-0.15, -0.1) is 0 Å². The standard InChI is InChI=1S/C20H20N6O/c1-3-6-19-23-16-11-13(8-9-18(16)26(19)2)22-20(27)17-12-15(24-25-17)14-7-4-5-10-21-14/h4-5,7-12H,3,6H2,1-2H3,(H,22,27)(H,24,25). The Balaban J connectivity index is 1.55. The number of fused-ring (bicyclic) bond motifs is 1. The van der Waals surface area contributed by atoms with Gasteiger partial charge in [-0.2, -0.15) is 5.10 Å². The summed E-state index contributed by atoms with van der Waals surface area (Å²) in [5.41, 5.74) is 4.34. The number of carbonyl (C=O) groups is 1. The topological polar surface area (TPSA) is 88.5 Å². The molecular formula is C20H20N6O. The average molecular weight is 360 g/mol. The van der Waals surface area contributed by atoms with E-state index in [9.17, 15) is 4.79 Å². The monoisotopic (exact) mass is 360 g/mol. The molecule has 0 aliphatic heterocycles. The summed E-state index contributed by atoms with van der Waals surface area (Å²) in [7, 11) is 2.02. The fourth-order valence-corrected chi connectivity index (χ4v) is 3.06. The van der Waals surface area contributed by atoms with E-state index in [0.29, 0.717) is 22.8 Å². The van der Waals surface area contributed by atoms with E-state index in [1.54, 1.807) is 12.3 Å². The summed E-state index contributed by atoms with van der Waals surface area (Å²) in [6.45, 7) is 2.13. The summed E-state index contributed by atoms with van der Waals surface area (Å²) in [6, 6.07) is 13.0. The smallest absolute Gasteiger partial charge is 0.273 e. The molecule has 0 unspecified atom stereocenters. The number of rotatable bonds is 5. The summed E-state index contributed by atoms with van der Waals surface area (Å²) in [5.74, 6) is 0.790. The van der Waals surface area contributed by atoms with Gasteiger partial charge in [0, 0.05) is 25.4 Å². The summed E-state index contributed by atoms with van der Waals surface area (Å²) in [6.07, 6.45) is 3.66. The predicted molar refractivity (Wildman–Crippen MR) is 104 cm³/mol. The number of benzene rings is 1. The van der Waals surface area contributed by atoms with Crippen LogP contribution >= 0.6 is 0 Å². The van der Waals surface area contributed by atoms with Gasteiger partial charge in [-0.05, 0) is 42.8 Å². The van der Waals surface area contributed by atoms with Crippen molar-refractivity contribution in [2.24, 2.45) is 7.05 Å². The van der Waals surface area contributed by atoms with Gasteiger partial charge in [-0.3, -0.25) is 14.9 Å². The lowest BCUT2D eigenvalue weighted by atomic mass is 10.2. The number of carbonyl (C=O) groups excluding carboxylic acids is 1. The second-order valence-electron chi connectivity index (χ2n) is 6.38. The quantitative estimate of drug-likeness (QED) is 0.569. The van der Waals surface area contributed by atoms with Crippen molar-refractivity contribution in [1.82, 2.24) is 24.7 Å². The molecule has 136 valence electrons. The number of anilines is 1. The van der Waals surface area contributed by atoms with Crippen molar-refractivity contribution in [3.8, 4) is 11.4 Å². The van der Waals surface area contributed by atoms with Crippen molar-refractivity contribution in [1.29, 1.82) is 0 Å². The molecule has 0 saturated heterocycles. The lowest BCUT2D eigenvalue weighted by Gasteiger charge is -2.04. The van der Waals surface area contributed by atoms with Crippen molar-refractivity contribution in [2.45, 2.75) is 19.8 Å². The lowest BCUT2D eigenvalue weighted by molar-refractivity contribution is 0.102. The number of aromatic amines is 1. The van der Waals surface area contributed by atoms with Crippen molar-refractivity contribution in [3.63, 3.8) is 0 Å². The maximum atomic E-state index is 12.5. The summed E-state index contributed by atoms with van der Waals surface area (Å²) in [5, 5.41) is 9.84. The maximum absolute atomic E-state index is 12.5. The number of amides is 1. The minimum Gasteiger partial charge on any atom is -0.331 e. The number of hydrogen-bond acceptors (Lipinski definition) is 4. The highest BCUT2D eigenvalue weighted by atomic mass is 16.1. The Kier molecular flexibility index (Phi) is 4.42. The van der Waals surface area contributed by atoms with E-state index < -0.39 is 0 Å². The number of aromatic nitrogens is 5. The Bertz CT molecular complexity index is 1100. The number of hydrogen-bond donors (Lipinski definition) is 2. The highest BCUT2D eigenvalue weighted by Gasteiger charge is 2.13. The van der Waals surface area contributed by atoms with Crippen molar-refractivity contribution >= 4 is 22.6 Å². The summed E-state index contributed by atoms with van der Waals surface area (Å²) in [4.78, 5) is 21.5. The first kappa shape index (κ1) is 17.0. The number of aryl methyl sites for hydroxylation is 2. The van der Waals surface area contributed by atoms with E-state index >= 15 is 0 Å². The van der Waals surface area contributed by atoms with E-state index in [1.165, 1.54) is 0 Å².